The summed E-state index contributed by atoms with van der Waals surface area (Å²) in [5, 5.41) is 2.97. The van der Waals surface area contributed by atoms with E-state index in [1.807, 2.05) is 36.4 Å². The third-order valence-electron chi connectivity index (χ3n) is 4.20. The van der Waals surface area contributed by atoms with Gasteiger partial charge in [-0.3, -0.25) is 4.79 Å². The molecule has 1 amide bonds. The van der Waals surface area contributed by atoms with E-state index < -0.39 is 0 Å². The van der Waals surface area contributed by atoms with Crippen molar-refractivity contribution >= 4 is 17.7 Å². The van der Waals surface area contributed by atoms with Gasteiger partial charge in [-0.1, -0.05) is 38.1 Å². The lowest BCUT2D eigenvalue weighted by atomic mass is 9.97. The van der Waals surface area contributed by atoms with Gasteiger partial charge in [0.1, 0.15) is 0 Å². The molecule has 0 aliphatic carbocycles. The van der Waals surface area contributed by atoms with E-state index in [1.165, 1.54) is 6.08 Å². The Bertz CT molecular complexity index is 753. The van der Waals surface area contributed by atoms with E-state index in [2.05, 4.69) is 25.2 Å². The average Bonchev–Trinajstić information content (AvgIpc) is 2.65. The quantitative estimate of drug-likeness (QED) is 0.732. The lowest BCUT2D eigenvalue weighted by molar-refractivity contribution is -0.111. The van der Waals surface area contributed by atoms with Crippen LogP contribution in [0.1, 0.15) is 37.3 Å². The second-order valence-corrected chi connectivity index (χ2v) is 5.83. The van der Waals surface area contributed by atoms with Crippen molar-refractivity contribution in [2.75, 3.05) is 19.5 Å². The van der Waals surface area contributed by atoms with Crippen molar-refractivity contribution in [2.45, 2.75) is 26.2 Å². The van der Waals surface area contributed by atoms with Crippen molar-refractivity contribution in [1.29, 1.82) is 0 Å². The molecule has 132 valence electrons. The summed E-state index contributed by atoms with van der Waals surface area (Å²) in [5.74, 6) is 1.52. The maximum absolute atomic E-state index is 12.3. The van der Waals surface area contributed by atoms with E-state index in [-0.39, 0.29) is 5.91 Å². The van der Waals surface area contributed by atoms with Gasteiger partial charge in [-0.05, 0) is 47.7 Å². The number of rotatable bonds is 7. The van der Waals surface area contributed by atoms with E-state index in [0.29, 0.717) is 17.4 Å². The molecule has 1 unspecified atom stereocenters. The standard InChI is InChI=1S/C21H25NO3/c1-5-15(2)17-8-6-7-9-18(17)22-21(23)13-11-16-10-12-19(24-3)20(14-16)25-4/h6-15H,5H2,1-4H3,(H,22,23). The second-order valence-electron chi connectivity index (χ2n) is 5.83. The van der Waals surface area contributed by atoms with Crippen LogP contribution in [0.4, 0.5) is 5.69 Å². The fourth-order valence-electron chi connectivity index (χ4n) is 2.56. The molecule has 0 fully saturated rings. The minimum atomic E-state index is -0.162. The number of carbonyl (C=O) groups excluding carboxylic acids is 1. The summed E-state index contributed by atoms with van der Waals surface area (Å²) in [4.78, 5) is 12.3. The number of para-hydroxylation sites is 1. The first-order valence-electron chi connectivity index (χ1n) is 8.39. The first-order valence-corrected chi connectivity index (χ1v) is 8.39. The highest BCUT2D eigenvalue weighted by molar-refractivity contribution is 6.02. The van der Waals surface area contributed by atoms with Gasteiger partial charge in [-0.2, -0.15) is 0 Å². The zero-order valence-electron chi connectivity index (χ0n) is 15.2. The van der Waals surface area contributed by atoms with Gasteiger partial charge in [0.25, 0.3) is 0 Å². The normalized spacial score (nSPS) is 12.0. The molecular formula is C21H25NO3. The Morgan fingerprint density at radius 3 is 2.52 bits per heavy atom. The minimum Gasteiger partial charge on any atom is -0.493 e. The number of hydrogen-bond acceptors (Lipinski definition) is 3. The van der Waals surface area contributed by atoms with Crippen LogP contribution in [0.2, 0.25) is 0 Å². The third-order valence-corrected chi connectivity index (χ3v) is 4.20. The monoisotopic (exact) mass is 339 g/mol. The number of benzene rings is 2. The summed E-state index contributed by atoms with van der Waals surface area (Å²) in [7, 11) is 3.18. The molecular weight excluding hydrogens is 314 g/mol. The van der Waals surface area contributed by atoms with E-state index in [0.717, 1.165) is 23.2 Å². The Labute approximate surface area is 149 Å². The summed E-state index contributed by atoms with van der Waals surface area (Å²) in [5.41, 5.74) is 2.87. The van der Waals surface area contributed by atoms with E-state index in [9.17, 15) is 4.79 Å². The summed E-state index contributed by atoms with van der Waals surface area (Å²) in [6.45, 7) is 4.30. The van der Waals surface area contributed by atoms with Gasteiger partial charge in [-0.25, -0.2) is 0 Å². The molecule has 4 nitrogen and oxygen atoms in total. The number of nitrogens with one attached hydrogen (secondary N) is 1. The Morgan fingerprint density at radius 1 is 1.12 bits per heavy atom. The highest BCUT2D eigenvalue weighted by atomic mass is 16.5. The van der Waals surface area contributed by atoms with Crippen molar-refractivity contribution in [1.82, 2.24) is 0 Å². The molecule has 0 heterocycles. The van der Waals surface area contributed by atoms with Crippen molar-refractivity contribution in [3.63, 3.8) is 0 Å². The maximum atomic E-state index is 12.3. The van der Waals surface area contributed by atoms with Gasteiger partial charge in [-0.15, -0.1) is 0 Å². The molecule has 0 bridgehead atoms. The summed E-state index contributed by atoms with van der Waals surface area (Å²) < 4.78 is 10.5. The number of hydrogen-bond donors (Lipinski definition) is 1. The zero-order valence-corrected chi connectivity index (χ0v) is 15.2. The molecule has 25 heavy (non-hydrogen) atoms. The molecule has 0 aliphatic rings. The van der Waals surface area contributed by atoms with Gasteiger partial charge in [0.2, 0.25) is 5.91 Å². The Morgan fingerprint density at radius 2 is 1.84 bits per heavy atom. The molecule has 0 saturated heterocycles. The summed E-state index contributed by atoms with van der Waals surface area (Å²) in [6, 6.07) is 13.4. The van der Waals surface area contributed by atoms with Crippen molar-refractivity contribution in [2.24, 2.45) is 0 Å². The largest absolute Gasteiger partial charge is 0.493 e. The number of anilines is 1. The van der Waals surface area contributed by atoms with E-state index >= 15 is 0 Å². The average molecular weight is 339 g/mol. The zero-order chi connectivity index (χ0) is 18.2. The number of ether oxygens (including phenoxy) is 2. The van der Waals surface area contributed by atoms with Gasteiger partial charge < -0.3 is 14.8 Å². The molecule has 2 aromatic carbocycles. The van der Waals surface area contributed by atoms with Crippen LogP contribution in [-0.2, 0) is 4.79 Å². The van der Waals surface area contributed by atoms with Crippen molar-refractivity contribution in [3.05, 3.63) is 59.7 Å². The molecule has 1 atom stereocenters. The molecule has 0 spiro atoms. The van der Waals surface area contributed by atoms with Crippen LogP contribution in [0.25, 0.3) is 6.08 Å². The maximum Gasteiger partial charge on any atom is 0.248 e. The van der Waals surface area contributed by atoms with Crippen LogP contribution in [0.15, 0.2) is 48.5 Å². The predicted octanol–water partition coefficient (Wildman–Crippen LogP) is 4.87. The third kappa shape index (κ3) is 4.86. The first-order chi connectivity index (χ1) is 12.1. The van der Waals surface area contributed by atoms with Crippen LogP contribution in [0.5, 0.6) is 11.5 Å². The van der Waals surface area contributed by atoms with Crippen molar-refractivity contribution < 1.29 is 14.3 Å². The van der Waals surface area contributed by atoms with E-state index in [1.54, 1.807) is 20.3 Å². The fraction of sp³-hybridized carbons (Fsp3) is 0.286. The van der Waals surface area contributed by atoms with Crippen LogP contribution in [0, 0.1) is 0 Å². The van der Waals surface area contributed by atoms with Gasteiger partial charge in [0.05, 0.1) is 14.2 Å². The number of carbonyl (C=O) groups is 1. The molecule has 0 aromatic heterocycles. The summed E-state index contributed by atoms with van der Waals surface area (Å²) >= 11 is 0. The molecule has 0 saturated carbocycles. The second kappa shape index (κ2) is 8.92. The smallest absolute Gasteiger partial charge is 0.248 e. The van der Waals surface area contributed by atoms with Crippen LogP contribution in [-0.4, -0.2) is 20.1 Å². The van der Waals surface area contributed by atoms with Crippen LogP contribution >= 0.6 is 0 Å². The van der Waals surface area contributed by atoms with Crippen molar-refractivity contribution in [3.8, 4) is 11.5 Å². The number of amides is 1. The predicted molar refractivity (Wildman–Crippen MR) is 102 cm³/mol. The molecule has 0 radical (unpaired) electrons. The van der Waals surface area contributed by atoms with Gasteiger partial charge in [0, 0.05) is 11.8 Å². The Hall–Kier alpha value is -2.75. The molecule has 4 heteroatoms. The fourth-order valence-corrected chi connectivity index (χ4v) is 2.56. The lowest BCUT2D eigenvalue weighted by Gasteiger charge is -2.14. The first kappa shape index (κ1) is 18.6. The van der Waals surface area contributed by atoms with E-state index in [4.69, 9.17) is 9.47 Å². The lowest BCUT2D eigenvalue weighted by Crippen LogP contribution is -2.10. The SMILES string of the molecule is CCC(C)c1ccccc1NC(=O)C=Cc1ccc(OC)c(OC)c1. The van der Waals surface area contributed by atoms with Crippen LogP contribution in [0.3, 0.4) is 0 Å². The topological polar surface area (TPSA) is 47.6 Å². The Kier molecular flexibility index (Phi) is 6.63. The highest BCUT2D eigenvalue weighted by Crippen LogP contribution is 2.28. The minimum absolute atomic E-state index is 0.162. The van der Waals surface area contributed by atoms with Gasteiger partial charge >= 0.3 is 0 Å². The number of methoxy groups -OCH3 is 2. The summed E-state index contributed by atoms with van der Waals surface area (Å²) in [6.07, 6.45) is 4.30. The highest BCUT2D eigenvalue weighted by Gasteiger charge is 2.09. The van der Waals surface area contributed by atoms with Gasteiger partial charge in [0.15, 0.2) is 11.5 Å². The molecule has 0 aliphatic heterocycles. The molecule has 2 rings (SSSR count). The molecule has 1 N–H and O–H groups in total. The Balaban J connectivity index is 2.12. The molecule has 2 aromatic rings. The van der Waals surface area contributed by atoms with Crippen LogP contribution < -0.4 is 14.8 Å².